The van der Waals surface area contributed by atoms with Gasteiger partial charge in [-0.25, -0.2) is 0 Å². The number of hydrogen-bond donors (Lipinski definition) is 3. The zero-order chi connectivity index (χ0) is 17.7. The third kappa shape index (κ3) is 5.25. The van der Waals surface area contributed by atoms with Gasteiger partial charge in [0.25, 0.3) is 0 Å². The molecule has 2 aliphatic rings. The summed E-state index contributed by atoms with van der Waals surface area (Å²) in [7, 11) is 1.74. The number of guanidine groups is 1. The maximum atomic E-state index is 9.67. The third-order valence-electron chi connectivity index (χ3n) is 5.45. The van der Waals surface area contributed by atoms with Gasteiger partial charge in [0.2, 0.25) is 0 Å². The molecule has 0 saturated heterocycles. The van der Waals surface area contributed by atoms with Crippen molar-refractivity contribution >= 4 is 29.9 Å². The smallest absolute Gasteiger partial charge is 0.191 e. The largest absolute Gasteiger partial charge is 0.496 e. The van der Waals surface area contributed by atoms with E-state index in [1.807, 2.05) is 12.1 Å². The maximum absolute atomic E-state index is 9.67. The van der Waals surface area contributed by atoms with Crippen molar-refractivity contribution in [1.29, 1.82) is 0 Å². The van der Waals surface area contributed by atoms with Gasteiger partial charge in [-0.3, -0.25) is 4.99 Å². The zero-order valence-corrected chi connectivity index (χ0v) is 18.2. The van der Waals surface area contributed by atoms with Crippen LogP contribution in [0.3, 0.4) is 0 Å². The quantitative estimate of drug-likeness (QED) is 0.337. The number of methoxy groups -OCH3 is 1. The van der Waals surface area contributed by atoms with Crippen molar-refractivity contribution in [1.82, 2.24) is 10.6 Å². The Morgan fingerprint density at radius 2 is 1.92 bits per heavy atom. The minimum atomic E-state index is -0.127. The van der Waals surface area contributed by atoms with E-state index in [0.717, 1.165) is 63.3 Å². The van der Waals surface area contributed by atoms with Crippen LogP contribution in [0.4, 0.5) is 0 Å². The van der Waals surface area contributed by atoms with Crippen LogP contribution < -0.4 is 15.4 Å². The Balaban J connectivity index is 0.00000243. The summed E-state index contributed by atoms with van der Waals surface area (Å²) < 4.78 is 5.55. The monoisotopic (exact) mass is 473 g/mol. The van der Waals surface area contributed by atoms with E-state index in [1.54, 1.807) is 7.11 Å². The Kier molecular flexibility index (Phi) is 8.01. The Morgan fingerprint density at radius 1 is 1.23 bits per heavy atom. The summed E-state index contributed by atoms with van der Waals surface area (Å²) in [4.78, 5) is 4.89. The summed E-state index contributed by atoms with van der Waals surface area (Å²) >= 11 is 0. The average molecular weight is 473 g/mol. The summed E-state index contributed by atoms with van der Waals surface area (Å²) in [5, 5.41) is 16.6. The van der Waals surface area contributed by atoms with Gasteiger partial charge >= 0.3 is 0 Å². The molecule has 0 aliphatic heterocycles. The molecule has 2 fully saturated rings. The molecule has 1 aromatic rings. The highest BCUT2D eigenvalue weighted by Gasteiger charge is 2.46. The molecular formula is C20H32IN3O2. The summed E-state index contributed by atoms with van der Waals surface area (Å²) in [6.45, 7) is 3.72. The number of nitrogens with one attached hydrogen (secondary N) is 2. The number of aliphatic hydroxyl groups is 1. The van der Waals surface area contributed by atoms with Crippen LogP contribution in [0.15, 0.2) is 29.3 Å². The molecule has 0 amide bonds. The van der Waals surface area contributed by atoms with Crippen molar-refractivity contribution in [3.63, 3.8) is 0 Å². The molecule has 5 nitrogen and oxygen atoms in total. The topological polar surface area (TPSA) is 65.9 Å². The Labute approximate surface area is 174 Å². The molecule has 0 heterocycles. The SMILES string of the molecule is CCNC(=NCC1(c2ccccc2OC)CC1)NC1CCC(O)CC1.I. The van der Waals surface area contributed by atoms with Gasteiger partial charge in [0, 0.05) is 23.6 Å². The number of aliphatic hydroxyl groups excluding tert-OH is 1. The van der Waals surface area contributed by atoms with E-state index >= 15 is 0 Å². The minimum Gasteiger partial charge on any atom is -0.496 e. The van der Waals surface area contributed by atoms with E-state index in [1.165, 1.54) is 5.56 Å². The van der Waals surface area contributed by atoms with E-state index in [0.29, 0.717) is 6.04 Å². The molecule has 0 bridgehead atoms. The van der Waals surface area contributed by atoms with Crippen molar-refractivity contribution in [2.45, 2.75) is 63.0 Å². The van der Waals surface area contributed by atoms with Crippen LogP contribution in [0.25, 0.3) is 0 Å². The molecule has 3 N–H and O–H groups in total. The molecule has 6 heteroatoms. The molecule has 0 unspecified atom stereocenters. The second-order valence-electron chi connectivity index (χ2n) is 7.33. The first-order valence-electron chi connectivity index (χ1n) is 9.53. The molecule has 146 valence electrons. The first-order valence-corrected chi connectivity index (χ1v) is 9.53. The molecule has 1 aromatic carbocycles. The van der Waals surface area contributed by atoms with Gasteiger partial charge < -0.3 is 20.5 Å². The first-order chi connectivity index (χ1) is 12.2. The highest BCUT2D eigenvalue weighted by atomic mass is 127. The van der Waals surface area contributed by atoms with E-state index < -0.39 is 0 Å². The van der Waals surface area contributed by atoms with Crippen LogP contribution in [0, 0.1) is 0 Å². The fourth-order valence-electron chi connectivity index (χ4n) is 3.71. The number of ether oxygens (including phenoxy) is 1. The number of halogens is 1. The number of para-hydroxylation sites is 1. The van der Waals surface area contributed by atoms with Gasteiger partial charge in [-0.05, 0) is 51.5 Å². The molecule has 0 atom stereocenters. The van der Waals surface area contributed by atoms with Crippen molar-refractivity contribution in [2.75, 3.05) is 20.2 Å². The highest BCUT2D eigenvalue weighted by molar-refractivity contribution is 14.0. The number of nitrogens with zero attached hydrogens (tertiary/aromatic N) is 1. The number of rotatable bonds is 6. The lowest BCUT2D eigenvalue weighted by atomic mass is 9.93. The van der Waals surface area contributed by atoms with Crippen molar-refractivity contribution in [3.8, 4) is 5.75 Å². The summed E-state index contributed by atoms with van der Waals surface area (Å²) in [5.41, 5.74) is 1.40. The van der Waals surface area contributed by atoms with Crippen LogP contribution in [-0.2, 0) is 5.41 Å². The normalized spacial score (nSPS) is 24.3. The lowest BCUT2D eigenvalue weighted by Crippen LogP contribution is -2.45. The Hall–Kier alpha value is -1.02. The van der Waals surface area contributed by atoms with E-state index in [-0.39, 0.29) is 35.5 Å². The molecule has 0 aromatic heterocycles. The molecule has 0 radical (unpaired) electrons. The number of benzene rings is 1. The number of aliphatic imine (C=N–C) groups is 1. The van der Waals surface area contributed by atoms with Crippen molar-refractivity contribution in [3.05, 3.63) is 29.8 Å². The number of hydrogen-bond acceptors (Lipinski definition) is 3. The molecule has 26 heavy (non-hydrogen) atoms. The van der Waals surface area contributed by atoms with Gasteiger partial charge in [-0.15, -0.1) is 24.0 Å². The lowest BCUT2D eigenvalue weighted by Gasteiger charge is -2.28. The van der Waals surface area contributed by atoms with Crippen molar-refractivity contribution in [2.24, 2.45) is 4.99 Å². The fraction of sp³-hybridized carbons (Fsp3) is 0.650. The second-order valence-corrected chi connectivity index (χ2v) is 7.33. The molecule has 0 spiro atoms. The van der Waals surface area contributed by atoms with E-state index in [4.69, 9.17) is 9.73 Å². The Morgan fingerprint density at radius 3 is 2.54 bits per heavy atom. The highest BCUT2D eigenvalue weighted by Crippen LogP contribution is 2.51. The van der Waals surface area contributed by atoms with Crippen LogP contribution >= 0.6 is 24.0 Å². The van der Waals surface area contributed by atoms with E-state index in [2.05, 4.69) is 29.7 Å². The lowest BCUT2D eigenvalue weighted by molar-refractivity contribution is 0.120. The average Bonchev–Trinajstić information content (AvgIpc) is 3.43. The van der Waals surface area contributed by atoms with Gasteiger partial charge in [-0.1, -0.05) is 18.2 Å². The van der Waals surface area contributed by atoms with Gasteiger partial charge in [0.15, 0.2) is 5.96 Å². The van der Waals surface area contributed by atoms with Gasteiger partial charge in [0.1, 0.15) is 5.75 Å². The van der Waals surface area contributed by atoms with Crippen LogP contribution in [0.2, 0.25) is 0 Å². The minimum absolute atomic E-state index is 0. The maximum Gasteiger partial charge on any atom is 0.191 e. The second kappa shape index (κ2) is 9.78. The predicted molar refractivity (Wildman–Crippen MR) is 117 cm³/mol. The summed E-state index contributed by atoms with van der Waals surface area (Å²) in [5.74, 6) is 1.86. The van der Waals surface area contributed by atoms with Gasteiger partial charge in [0.05, 0.1) is 19.8 Å². The van der Waals surface area contributed by atoms with Crippen LogP contribution in [0.5, 0.6) is 5.75 Å². The molecular weight excluding hydrogens is 441 g/mol. The van der Waals surface area contributed by atoms with Crippen LogP contribution in [0.1, 0.15) is 51.0 Å². The standard InChI is InChI=1S/C20H31N3O2.HI/c1-3-21-19(23-15-8-10-16(24)11-9-15)22-14-20(12-13-20)17-6-4-5-7-18(17)25-2;/h4-7,15-16,24H,3,8-14H2,1-2H3,(H2,21,22,23);1H. The molecule has 2 saturated carbocycles. The molecule has 3 rings (SSSR count). The summed E-state index contributed by atoms with van der Waals surface area (Å²) in [6, 6.07) is 8.71. The van der Waals surface area contributed by atoms with Crippen molar-refractivity contribution < 1.29 is 9.84 Å². The summed E-state index contributed by atoms with van der Waals surface area (Å²) in [6.07, 6.45) is 5.95. The zero-order valence-electron chi connectivity index (χ0n) is 15.8. The molecule has 2 aliphatic carbocycles. The predicted octanol–water partition coefficient (Wildman–Crippen LogP) is 3.20. The first kappa shape index (κ1) is 21.3. The fourth-order valence-corrected chi connectivity index (χ4v) is 3.71. The van der Waals surface area contributed by atoms with Crippen LogP contribution in [-0.4, -0.2) is 43.4 Å². The van der Waals surface area contributed by atoms with Gasteiger partial charge in [-0.2, -0.15) is 0 Å². The van der Waals surface area contributed by atoms with E-state index in [9.17, 15) is 5.11 Å². The Bertz CT molecular complexity index is 596. The third-order valence-corrected chi connectivity index (χ3v) is 5.45.